The van der Waals surface area contributed by atoms with Crippen molar-refractivity contribution in [2.24, 2.45) is 0 Å². The van der Waals surface area contributed by atoms with E-state index in [0.717, 1.165) is 37.7 Å². The summed E-state index contributed by atoms with van der Waals surface area (Å²) in [5.74, 6) is -0.317. The summed E-state index contributed by atoms with van der Waals surface area (Å²) in [6, 6.07) is 11.2. The number of nitrogens with one attached hydrogen (secondary N) is 1. The second kappa shape index (κ2) is 10.9. The van der Waals surface area contributed by atoms with Crippen LogP contribution in [0.25, 0.3) is 0 Å². The number of nitrogens with zero attached hydrogens (tertiary/aromatic N) is 1. The third kappa shape index (κ3) is 5.50. The van der Waals surface area contributed by atoms with Crippen LogP contribution in [-0.4, -0.2) is 30.5 Å². The monoisotopic (exact) mass is 454 g/mol. The summed E-state index contributed by atoms with van der Waals surface area (Å²) in [6.07, 6.45) is 5.95. The maximum atomic E-state index is 13.6. The van der Waals surface area contributed by atoms with Crippen molar-refractivity contribution < 1.29 is 24.0 Å². The molecule has 0 aliphatic heterocycles. The zero-order chi connectivity index (χ0) is 23.8. The number of hydrogen-bond donors (Lipinski definition) is 1. The van der Waals surface area contributed by atoms with Gasteiger partial charge in [-0.3, -0.25) is 14.9 Å². The van der Waals surface area contributed by atoms with E-state index >= 15 is 0 Å². The molecule has 0 saturated heterocycles. The van der Waals surface area contributed by atoms with Gasteiger partial charge in [-0.15, -0.1) is 0 Å². The van der Waals surface area contributed by atoms with Crippen LogP contribution in [0.2, 0.25) is 0 Å². The Morgan fingerprint density at radius 2 is 1.79 bits per heavy atom. The highest BCUT2D eigenvalue weighted by molar-refractivity contribution is 6.01. The smallest absolute Gasteiger partial charge is 0.341 e. The quantitative estimate of drug-likeness (QED) is 0.235. The maximum Gasteiger partial charge on any atom is 0.341 e. The molecule has 8 heteroatoms. The highest BCUT2D eigenvalue weighted by Crippen LogP contribution is 2.41. The molecule has 1 aliphatic rings. The lowest BCUT2D eigenvalue weighted by Crippen LogP contribution is -2.42. The van der Waals surface area contributed by atoms with E-state index in [1.807, 2.05) is 0 Å². The fourth-order valence-corrected chi connectivity index (χ4v) is 4.28. The van der Waals surface area contributed by atoms with Crippen molar-refractivity contribution in [1.29, 1.82) is 0 Å². The Balaban J connectivity index is 1.88. The maximum absolute atomic E-state index is 13.6. The number of amides is 1. The minimum Gasteiger partial charge on any atom is -0.493 e. The van der Waals surface area contributed by atoms with Crippen LogP contribution in [0.1, 0.15) is 67.8 Å². The summed E-state index contributed by atoms with van der Waals surface area (Å²) in [4.78, 5) is 36.5. The predicted molar refractivity (Wildman–Crippen MR) is 125 cm³/mol. The van der Waals surface area contributed by atoms with Crippen molar-refractivity contribution in [3.8, 4) is 5.75 Å². The third-order valence-corrected chi connectivity index (χ3v) is 6.17. The second-order valence-electron chi connectivity index (χ2n) is 8.31. The molecule has 0 aromatic heterocycles. The Bertz CT molecular complexity index is 996. The second-order valence-corrected chi connectivity index (χ2v) is 8.31. The molecule has 8 nitrogen and oxygen atoms in total. The molecule has 176 valence electrons. The van der Waals surface area contributed by atoms with Crippen LogP contribution in [0.4, 0.5) is 11.4 Å². The molecule has 1 N–H and O–H groups in total. The normalized spacial score (nSPS) is 14.8. The number of benzene rings is 2. The van der Waals surface area contributed by atoms with Gasteiger partial charge in [0.25, 0.3) is 5.69 Å². The fraction of sp³-hybridized carbons (Fsp3) is 0.440. The first-order valence-corrected chi connectivity index (χ1v) is 11.3. The molecule has 33 heavy (non-hydrogen) atoms. The lowest BCUT2D eigenvalue weighted by Gasteiger charge is -2.36. The van der Waals surface area contributed by atoms with E-state index in [1.54, 1.807) is 30.3 Å². The minimum atomic E-state index is -0.783. The molecule has 1 amide bonds. The average Bonchev–Trinajstić information content (AvgIpc) is 2.84. The van der Waals surface area contributed by atoms with Gasteiger partial charge in [0.15, 0.2) is 0 Å². The van der Waals surface area contributed by atoms with Crippen molar-refractivity contribution in [2.75, 3.05) is 19.0 Å². The first-order valence-electron chi connectivity index (χ1n) is 11.3. The number of carbonyl (C=O) groups excluding carboxylic acids is 2. The molecule has 0 radical (unpaired) electrons. The van der Waals surface area contributed by atoms with Gasteiger partial charge in [-0.2, -0.15) is 0 Å². The highest BCUT2D eigenvalue weighted by atomic mass is 16.6. The first-order chi connectivity index (χ1) is 15.9. The van der Waals surface area contributed by atoms with Crippen molar-refractivity contribution in [3.05, 3.63) is 63.7 Å². The summed E-state index contributed by atoms with van der Waals surface area (Å²) >= 11 is 0. The predicted octanol–water partition coefficient (Wildman–Crippen LogP) is 5.40. The van der Waals surface area contributed by atoms with E-state index in [9.17, 15) is 19.7 Å². The van der Waals surface area contributed by atoms with Gasteiger partial charge in [0.05, 0.1) is 24.1 Å². The van der Waals surface area contributed by atoms with Gasteiger partial charge < -0.3 is 14.8 Å². The van der Waals surface area contributed by atoms with E-state index in [2.05, 4.69) is 12.2 Å². The van der Waals surface area contributed by atoms with Gasteiger partial charge in [0.1, 0.15) is 11.3 Å². The number of carbonyl (C=O) groups is 2. The molecule has 2 aromatic carbocycles. The summed E-state index contributed by atoms with van der Waals surface area (Å²) in [5.41, 5.74) is 0.689. The molecular weight excluding hydrogens is 424 g/mol. The summed E-state index contributed by atoms with van der Waals surface area (Å²) < 4.78 is 10.6. The molecular formula is C25H30N2O6. The highest BCUT2D eigenvalue weighted by Gasteiger charge is 2.41. The van der Waals surface area contributed by atoms with E-state index in [1.165, 1.54) is 19.2 Å². The van der Waals surface area contributed by atoms with Crippen LogP contribution in [0.3, 0.4) is 0 Å². The Kier molecular flexibility index (Phi) is 8.03. The topological polar surface area (TPSA) is 108 Å². The lowest BCUT2D eigenvalue weighted by molar-refractivity contribution is -0.384. The van der Waals surface area contributed by atoms with Crippen molar-refractivity contribution in [3.63, 3.8) is 0 Å². The van der Waals surface area contributed by atoms with Crippen LogP contribution in [0.15, 0.2) is 42.5 Å². The van der Waals surface area contributed by atoms with E-state index < -0.39 is 16.3 Å². The summed E-state index contributed by atoms with van der Waals surface area (Å²) in [6.45, 7) is 2.53. The number of methoxy groups -OCH3 is 1. The van der Waals surface area contributed by atoms with Gasteiger partial charge in [-0.1, -0.05) is 44.7 Å². The Morgan fingerprint density at radius 3 is 2.39 bits per heavy atom. The molecule has 0 unspecified atom stereocenters. The zero-order valence-corrected chi connectivity index (χ0v) is 19.1. The number of nitro benzene ring substituents is 1. The largest absolute Gasteiger partial charge is 0.493 e. The van der Waals surface area contributed by atoms with Crippen molar-refractivity contribution >= 4 is 23.3 Å². The van der Waals surface area contributed by atoms with E-state index in [0.29, 0.717) is 30.9 Å². The number of unbranched alkanes of at least 4 members (excludes halogenated alkanes) is 1. The SMILES string of the molecule is CCCCOc1ccc(NC(=O)C2(c3ccc([N+](=O)[O-])cc3)CCCCC2)cc1C(=O)OC. The average molecular weight is 455 g/mol. The minimum absolute atomic E-state index is 0.00787. The van der Waals surface area contributed by atoms with Crippen LogP contribution in [-0.2, 0) is 14.9 Å². The number of ether oxygens (including phenoxy) is 2. The molecule has 0 bridgehead atoms. The molecule has 0 spiro atoms. The van der Waals surface area contributed by atoms with E-state index in [4.69, 9.17) is 9.47 Å². The molecule has 2 aromatic rings. The fourth-order valence-electron chi connectivity index (χ4n) is 4.28. The molecule has 0 heterocycles. The molecule has 1 fully saturated rings. The summed E-state index contributed by atoms with van der Waals surface area (Å²) in [5, 5.41) is 14.0. The number of esters is 1. The molecule has 1 aliphatic carbocycles. The van der Waals surface area contributed by atoms with Gasteiger partial charge >= 0.3 is 5.97 Å². The Morgan fingerprint density at radius 1 is 1.09 bits per heavy atom. The Labute approximate surface area is 193 Å². The number of anilines is 1. The number of non-ortho nitro benzene ring substituents is 1. The number of nitro groups is 1. The van der Waals surface area contributed by atoms with Crippen LogP contribution < -0.4 is 10.1 Å². The molecule has 0 atom stereocenters. The van der Waals surface area contributed by atoms with E-state index in [-0.39, 0.29) is 17.2 Å². The van der Waals surface area contributed by atoms with Gasteiger partial charge in [0, 0.05) is 17.8 Å². The van der Waals surface area contributed by atoms with Crippen LogP contribution in [0.5, 0.6) is 5.75 Å². The Hall–Kier alpha value is -3.42. The zero-order valence-electron chi connectivity index (χ0n) is 19.1. The van der Waals surface area contributed by atoms with Crippen molar-refractivity contribution in [1.82, 2.24) is 0 Å². The van der Waals surface area contributed by atoms with Gasteiger partial charge in [0.2, 0.25) is 5.91 Å². The molecule has 1 saturated carbocycles. The first kappa shape index (κ1) is 24.2. The van der Waals surface area contributed by atoms with Gasteiger partial charge in [-0.25, -0.2) is 4.79 Å². The standard InChI is InChI=1S/C25H30N2O6/c1-3-4-16-33-22-13-10-19(17-21(22)23(28)32-2)26-24(29)25(14-6-5-7-15-25)18-8-11-20(12-9-18)27(30)31/h8-13,17H,3-7,14-16H2,1-2H3,(H,26,29). The number of hydrogen-bond acceptors (Lipinski definition) is 6. The van der Waals surface area contributed by atoms with Crippen LogP contribution in [0, 0.1) is 10.1 Å². The molecule has 3 rings (SSSR count). The number of rotatable bonds is 9. The third-order valence-electron chi connectivity index (χ3n) is 6.17. The van der Waals surface area contributed by atoms with Crippen LogP contribution >= 0.6 is 0 Å². The summed E-state index contributed by atoms with van der Waals surface area (Å²) in [7, 11) is 1.30. The van der Waals surface area contributed by atoms with Gasteiger partial charge in [-0.05, 0) is 43.0 Å². The van der Waals surface area contributed by atoms with Crippen molar-refractivity contribution in [2.45, 2.75) is 57.3 Å². The lowest BCUT2D eigenvalue weighted by atomic mass is 9.68.